The minimum atomic E-state index is -3.79. The first-order valence-electron chi connectivity index (χ1n) is 8.99. The van der Waals surface area contributed by atoms with Crippen molar-refractivity contribution in [3.8, 4) is 5.75 Å². The average molecular weight is 455 g/mol. The maximum absolute atomic E-state index is 12.8. The number of rotatable bonds is 8. The number of hydrogen-bond donors (Lipinski definition) is 1. The standard InChI is InChI=1S/C20H23ClN2O6S/c1-5-29-16-9-7-15(8-10-16)23(30(4,26)27)13(2)19(24)22-18-12-14(20(25)28-3)6-11-17(18)21/h6-13H,5H2,1-4H3,(H,22,24). The summed E-state index contributed by atoms with van der Waals surface area (Å²) in [4.78, 5) is 24.5. The fraction of sp³-hybridized carbons (Fsp3) is 0.300. The van der Waals surface area contributed by atoms with Crippen molar-refractivity contribution in [3.63, 3.8) is 0 Å². The number of benzene rings is 2. The van der Waals surface area contributed by atoms with Crippen molar-refractivity contribution in [2.45, 2.75) is 19.9 Å². The number of sulfonamides is 1. The molecule has 8 nitrogen and oxygen atoms in total. The van der Waals surface area contributed by atoms with Gasteiger partial charge in [0.2, 0.25) is 15.9 Å². The molecule has 0 aromatic heterocycles. The maximum atomic E-state index is 12.8. The highest BCUT2D eigenvalue weighted by Crippen LogP contribution is 2.27. The third-order valence-corrected chi connectivity index (χ3v) is 5.71. The molecule has 1 unspecified atom stereocenters. The maximum Gasteiger partial charge on any atom is 0.337 e. The second kappa shape index (κ2) is 9.82. The summed E-state index contributed by atoms with van der Waals surface area (Å²) in [7, 11) is -2.56. The number of anilines is 2. The van der Waals surface area contributed by atoms with Gasteiger partial charge >= 0.3 is 5.97 Å². The molecule has 0 fully saturated rings. The minimum Gasteiger partial charge on any atom is -0.494 e. The van der Waals surface area contributed by atoms with Crippen molar-refractivity contribution in [1.82, 2.24) is 0 Å². The van der Waals surface area contributed by atoms with Crippen LogP contribution in [0, 0.1) is 0 Å². The lowest BCUT2D eigenvalue weighted by molar-refractivity contribution is -0.116. The molecule has 30 heavy (non-hydrogen) atoms. The second-order valence-corrected chi connectivity index (χ2v) is 8.60. The quantitative estimate of drug-likeness (QED) is 0.614. The summed E-state index contributed by atoms with van der Waals surface area (Å²) in [5, 5.41) is 2.76. The van der Waals surface area contributed by atoms with Gasteiger partial charge in [-0.2, -0.15) is 0 Å². The van der Waals surface area contributed by atoms with Crippen LogP contribution in [-0.2, 0) is 19.6 Å². The van der Waals surface area contributed by atoms with Crippen LogP contribution in [0.2, 0.25) is 5.02 Å². The predicted molar refractivity (Wildman–Crippen MR) is 116 cm³/mol. The van der Waals surface area contributed by atoms with Gasteiger partial charge in [-0.3, -0.25) is 9.10 Å². The second-order valence-electron chi connectivity index (χ2n) is 6.34. The van der Waals surface area contributed by atoms with Crippen molar-refractivity contribution >= 4 is 44.9 Å². The molecule has 1 N–H and O–H groups in total. The number of carbonyl (C=O) groups excluding carboxylic acids is 2. The number of ether oxygens (including phenoxy) is 2. The van der Waals surface area contributed by atoms with Gasteiger partial charge in [-0.15, -0.1) is 0 Å². The lowest BCUT2D eigenvalue weighted by Gasteiger charge is -2.28. The minimum absolute atomic E-state index is 0.163. The molecule has 0 bridgehead atoms. The molecule has 2 aromatic carbocycles. The van der Waals surface area contributed by atoms with Gasteiger partial charge in [0, 0.05) is 0 Å². The topological polar surface area (TPSA) is 102 Å². The SMILES string of the molecule is CCOc1ccc(N(C(C)C(=O)Nc2cc(C(=O)OC)ccc2Cl)S(C)(=O)=O)cc1. The van der Waals surface area contributed by atoms with Gasteiger partial charge in [0.25, 0.3) is 0 Å². The summed E-state index contributed by atoms with van der Waals surface area (Å²) in [6, 6.07) is 9.51. The van der Waals surface area contributed by atoms with E-state index in [0.717, 1.165) is 10.6 Å². The van der Waals surface area contributed by atoms with Crippen LogP contribution >= 0.6 is 11.6 Å². The van der Waals surface area contributed by atoms with E-state index in [4.69, 9.17) is 16.3 Å². The molecular formula is C20H23ClN2O6S. The van der Waals surface area contributed by atoms with Gasteiger partial charge in [0.1, 0.15) is 11.8 Å². The zero-order chi connectivity index (χ0) is 22.5. The van der Waals surface area contributed by atoms with Gasteiger partial charge in [-0.25, -0.2) is 13.2 Å². The number of methoxy groups -OCH3 is 1. The molecule has 1 amide bonds. The van der Waals surface area contributed by atoms with Crippen LogP contribution in [0.4, 0.5) is 11.4 Å². The van der Waals surface area contributed by atoms with Crippen molar-refractivity contribution in [3.05, 3.63) is 53.1 Å². The van der Waals surface area contributed by atoms with E-state index in [1.54, 1.807) is 24.3 Å². The average Bonchev–Trinajstić information content (AvgIpc) is 2.69. The van der Waals surface area contributed by atoms with E-state index < -0.39 is 27.9 Å². The number of nitrogens with one attached hydrogen (secondary N) is 1. The molecule has 0 heterocycles. The highest BCUT2D eigenvalue weighted by atomic mass is 35.5. The molecule has 0 aliphatic carbocycles. The third kappa shape index (κ3) is 5.64. The highest BCUT2D eigenvalue weighted by molar-refractivity contribution is 7.92. The lowest BCUT2D eigenvalue weighted by Crippen LogP contribution is -2.45. The molecule has 0 saturated carbocycles. The lowest BCUT2D eigenvalue weighted by atomic mass is 10.2. The van der Waals surface area contributed by atoms with Crippen LogP contribution in [-0.4, -0.2) is 46.3 Å². The molecule has 1 atom stereocenters. The molecule has 0 radical (unpaired) electrons. The van der Waals surface area contributed by atoms with Crippen molar-refractivity contribution in [2.24, 2.45) is 0 Å². The zero-order valence-corrected chi connectivity index (χ0v) is 18.6. The molecule has 2 rings (SSSR count). The van der Waals surface area contributed by atoms with Crippen LogP contribution in [0.5, 0.6) is 5.75 Å². The van der Waals surface area contributed by atoms with E-state index in [0.29, 0.717) is 18.0 Å². The fourth-order valence-corrected chi connectivity index (χ4v) is 4.11. The summed E-state index contributed by atoms with van der Waals surface area (Å²) in [5.41, 5.74) is 0.658. The van der Waals surface area contributed by atoms with Gasteiger partial charge in [-0.1, -0.05) is 11.6 Å². The summed E-state index contributed by atoms with van der Waals surface area (Å²) >= 11 is 6.11. The van der Waals surface area contributed by atoms with Crippen LogP contribution in [0.1, 0.15) is 24.2 Å². The Kier molecular flexibility index (Phi) is 7.69. The molecule has 0 saturated heterocycles. The van der Waals surface area contributed by atoms with Gasteiger partial charge in [-0.05, 0) is 56.3 Å². The van der Waals surface area contributed by atoms with Gasteiger partial charge < -0.3 is 14.8 Å². The van der Waals surface area contributed by atoms with Crippen LogP contribution in [0.25, 0.3) is 0 Å². The van der Waals surface area contributed by atoms with Gasteiger partial charge in [0.05, 0.1) is 41.9 Å². The largest absolute Gasteiger partial charge is 0.494 e. The number of halogens is 1. The summed E-state index contributed by atoms with van der Waals surface area (Å²) in [5.74, 6) is -0.640. The van der Waals surface area contributed by atoms with E-state index >= 15 is 0 Å². The Hall–Kier alpha value is -2.78. The molecule has 10 heteroatoms. The van der Waals surface area contributed by atoms with E-state index in [1.165, 1.54) is 32.2 Å². The molecule has 162 valence electrons. The highest BCUT2D eigenvalue weighted by Gasteiger charge is 2.29. The van der Waals surface area contributed by atoms with E-state index in [1.807, 2.05) is 6.92 Å². The summed E-state index contributed by atoms with van der Waals surface area (Å²) in [6.45, 7) is 3.76. The number of esters is 1. The van der Waals surface area contributed by atoms with E-state index in [2.05, 4.69) is 10.1 Å². The molecule has 0 aliphatic rings. The molecule has 0 aliphatic heterocycles. The van der Waals surface area contributed by atoms with Crippen molar-refractivity contribution in [1.29, 1.82) is 0 Å². The number of amides is 1. The Morgan fingerprint density at radius 1 is 1.17 bits per heavy atom. The Bertz CT molecular complexity index is 1020. The zero-order valence-electron chi connectivity index (χ0n) is 17.0. The van der Waals surface area contributed by atoms with Crippen LogP contribution in [0.3, 0.4) is 0 Å². The molecular weight excluding hydrogens is 432 g/mol. The van der Waals surface area contributed by atoms with E-state index in [-0.39, 0.29) is 16.3 Å². The third-order valence-electron chi connectivity index (χ3n) is 4.14. The monoisotopic (exact) mass is 454 g/mol. The Balaban J connectivity index is 2.32. The fourth-order valence-electron chi connectivity index (χ4n) is 2.77. The van der Waals surface area contributed by atoms with Crippen molar-refractivity contribution < 1.29 is 27.5 Å². The number of nitrogens with zero attached hydrogens (tertiary/aromatic N) is 1. The number of hydrogen-bond acceptors (Lipinski definition) is 6. The summed E-state index contributed by atoms with van der Waals surface area (Å²) in [6.07, 6.45) is 1.01. The first-order valence-corrected chi connectivity index (χ1v) is 11.2. The predicted octanol–water partition coefficient (Wildman–Crippen LogP) is 3.32. The smallest absolute Gasteiger partial charge is 0.337 e. The molecule has 0 spiro atoms. The van der Waals surface area contributed by atoms with Crippen molar-refractivity contribution in [2.75, 3.05) is 29.6 Å². The van der Waals surface area contributed by atoms with E-state index in [9.17, 15) is 18.0 Å². The Morgan fingerprint density at radius 3 is 2.33 bits per heavy atom. The van der Waals surface area contributed by atoms with Crippen LogP contribution < -0.4 is 14.4 Å². The summed E-state index contributed by atoms with van der Waals surface area (Å²) < 4.78 is 35.9. The first-order chi connectivity index (χ1) is 14.1. The van der Waals surface area contributed by atoms with Crippen LogP contribution in [0.15, 0.2) is 42.5 Å². The Labute approximate surface area is 180 Å². The molecule has 2 aromatic rings. The first kappa shape index (κ1) is 23.5. The normalized spacial score (nSPS) is 12.0. The number of carbonyl (C=O) groups is 2. The van der Waals surface area contributed by atoms with Gasteiger partial charge in [0.15, 0.2) is 0 Å². The Morgan fingerprint density at radius 2 is 1.80 bits per heavy atom.